The summed E-state index contributed by atoms with van der Waals surface area (Å²) >= 11 is 3.44. The smallest absolute Gasteiger partial charge is 0.124 e. The maximum Gasteiger partial charge on any atom is 0.124 e. The second-order valence-corrected chi connectivity index (χ2v) is 7.38. The van der Waals surface area contributed by atoms with E-state index < -0.39 is 0 Å². The molecule has 0 bridgehead atoms. The van der Waals surface area contributed by atoms with Crippen LogP contribution in [0.4, 0.5) is 4.39 Å². The molecule has 1 aliphatic rings. The molecule has 1 aromatic carbocycles. The van der Waals surface area contributed by atoms with Gasteiger partial charge in [-0.2, -0.15) is 0 Å². The van der Waals surface area contributed by atoms with E-state index in [2.05, 4.69) is 22.9 Å². The van der Waals surface area contributed by atoms with Gasteiger partial charge in [-0.05, 0) is 48.8 Å². The molecule has 3 heteroatoms. The van der Waals surface area contributed by atoms with Gasteiger partial charge in [0.15, 0.2) is 0 Å². The van der Waals surface area contributed by atoms with Gasteiger partial charge in [0.25, 0.3) is 0 Å². The molecule has 0 heterocycles. The first kappa shape index (κ1) is 17.0. The Bertz CT molecular complexity index is 441. The van der Waals surface area contributed by atoms with Crippen LogP contribution in [-0.2, 0) is 6.42 Å². The summed E-state index contributed by atoms with van der Waals surface area (Å²) in [6.45, 7) is 2.27. The Hall–Kier alpha value is -0.410. The van der Waals surface area contributed by atoms with E-state index >= 15 is 0 Å². The predicted molar refractivity (Wildman–Crippen MR) is 90.8 cm³/mol. The molecule has 2 N–H and O–H groups in total. The molecule has 0 radical (unpaired) electrons. The molecule has 0 saturated heterocycles. The highest BCUT2D eigenvalue weighted by atomic mass is 79.9. The highest BCUT2D eigenvalue weighted by Gasteiger charge is 2.25. The number of unbranched alkanes of at least 4 members (excludes halogenated alkanes) is 1. The Morgan fingerprint density at radius 3 is 2.62 bits per heavy atom. The zero-order chi connectivity index (χ0) is 15.2. The Kier molecular flexibility index (Phi) is 6.69. The maximum absolute atomic E-state index is 13.1. The third-order valence-electron chi connectivity index (χ3n) is 4.93. The Labute approximate surface area is 136 Å². The summed E-state index contributed by atoms with van der Waals surface area (Å²) in [5.41, 5.74) is 7.54. The van der Waals surface area contributed by atoms with E-state index in [1.807, 2.05) is 6.07 Å². The van der Waals surface area contributed by atoms with Crippen molar-refractivity contribution < 1.29 is 4.39 Å². The third kappa shape index (κ3) is 5.07. The predicted octanol–water partition coefficient (Wildman–Crippen LogP) is 5.45. The van der Waals surface area contributed by atoms with E-state index in [0.717, 1.165) is 22.4 Å². The molecular formula is C18H27BrFN. The van der Waals surface area contributed by atoms with Crippen LogP contribution in [-0.4, -0.2) is 6.04 Å². The molecule has 1 saturated carbocycles. The lowest BCUT2D eigenvalue weighted by Crippen LogP contribution is -2.35. The molecule has 0 aliphatic heterocycles. The SMILES string of the molecule is CCCCC1CCC(C(N)Cc2ccc(F)cc2Br)CC1. The van der Waals surface area contributed by atoms with Gasteiger partial charge in [-0.25, -0.2) is 4.39 Å². The summed E-state index contributed by atoms with van der Waals surface area (Å²) in [5, 5.41) is 0. The first-order valence-electron chi connectivity index (χ1n) is 8.29. The molecule has 1 unspecified atom stereocenters. The van der Waals surface area contributed by atoms with Crippen molar-refractivity contribution in [3.8, 4) is 0 Å². The third-order valence-corrected chi connectivity index (χ3v) is 5.67. The van der Waals surface area contributed by atoms with Gasteiger partial charge in [-0.15, -0.1) is 0 Å². The van der Waals surface area contributed by atoms with Crippen molar-refractivity contribution in [2.24, 2.45) is 17.6 Å². The van der Waals surface area contributed by atoms with Crippen LogP contribution in [0.2, 0.25) is 0 Å². The van der Waals surface area contributed by atoms with Crippen molar-refractivity contribution >= 4 is 15.9 Å². The lowest BCUT2D eigenvalue weighted by Gasteiger charge is -2.32. The van der Waals surface area contributed by atoms with Crippen LogP contribution in [0.5, 0.6) is 0 Å². The summed E-state index contributed by atoms with van der Waals surface area (Å²) in [4.78, 5) is 0. The minimum Gasteiger partial charge on any atom is -0.327 e. The molecule has 1 atom stereocenters. The van der Waals surface area contributed by atoms with Crippen LogP contribution >= 0.6 is 15.9 Å². The maximum atomic E-state index is 13.1. The van der Waals surface area contributed by atoms with Crippen molar-refractivity contribution in [2.45, 2.75) is 64.3 Å². The number of benzene rings is 1. The zero-order valence-electron chi connectivity index (χ0n) is 13.0. The van der Waals surface area contributed by atoms with Crippen LogP contribution in [0, 0.1) is 17.7 Å². The van der Waals surface area contributed by atoms with Crippen LogP contribution in [0.15, 0.2) is 22.7 Å². The minimum absolute atomic E-state index is 0.193. The molecule has 0 spiro atoms. The van der Waals surface area contributed by atoms with Crippen molar-refractivity contribution in [1.82, 2.24) is 0 Å². The Balaban J connectivity index is 1.83. The lowest BCUT2D eigenvalue weighted by molar-refractivity contribution is 0.230. The van der Waals surface area contributed by atoms with Crippen LogP contribution in [0.1, 0.15) is 57.4 Å². The highest BCUT2D eigenvalue weighted by molar-refractivity contribution is 9.10. The average molecular weight is 356 g/mol. The molecule has 118 valence electrons. The van der Waals surface area contributed by atoms with Gasteiger partial charge >= 0.3 is 0 Å². The van der Waals surface area contributed by atoms with E-state index in [1.165, 1.54) is 57.1 Å². The topological polar surface area (TPSA) is 26.0 Å². The summed E-state index contributed by atoms with van der Waals surface area (Å²) in [7, 11) is 0. The second-order valence-electron chi connectivity index (χ2n) is 6.53. The van der Waals surface area contributed by atoms with E-state index in [-0.39, 0.29) is 11.9 Å². The van der Waals surface area contributed by atoms with Gasteiger partial charge in [-0.3, -0.25) is 0 Å². The Morgan fingerprint density at radius 1 is 1.29 bits per heavy atom. The quantitative estimate of drug-likeness (QED) is 0.720. The van der Waals surface area contributed by atoms with E-state index in [4.69, 9.17) is 5.73 Å². The minimum atomic E-state index is -0.198. The van der Waals surface area contributed by atoms with Crippen molar-refractivity contribution in [3.05, 3.63) is 34.1 Å². The van der Waals surface area contributed by atoms with Gasteiger partial charge in [0.1, 0.15) is 5.82 Å². The number of halogens is 2. The standard InChI is InChI=1S/C18H27BrFN/c1-2-3-4-13-5-7-14(8-6-13)18(21)11-15-9-10-16(20)12-17(15)19/h9-10,12-14,18H,2-8,11,21H2,1H3. The fourth-order valence-corrected chi connectivity index (χ4v) is 4.02. The van der Waals surface area contributed by atoms with Crippen molar-refractivity contribution in [3.63, 3.8) is 0 Å². The summed E-state index contributed by atoms with van der Waals surface area (Å²) in [6.07, 6.45) is 10.1. The summed E-state index contributed by atoms with van der Waals surface area (Å²) in [5.74, 6) is 1.35. The first-order chi connectivity index (χ1) is 10.1. The molecule has 21 heavy (non-hydrogen) atoms. The molecule has 0 aromatic heterocycles. The van der Waals surface area contributed by atoms with Crippen molar-refractivity contribution in [2.75, 3.05) is 0 Å². The highest BCUT2D eigenvalue weighted by Crippen LogP contribution is 2.34. The van der Waals surface area contributed by atoms with Crippen LogP contribution < -0.4 is 5.73 Å². The fraction of sp³-hybridized carbons (Fsp3) is 0.667. The second kappa shape index (κ2) is 8.28. The molecule has 1 aliphatic carbocycles. The molecule has 1 nitrogen and oxygen atoms in total. The van der Waals surface area contributed by atoms with E-state index in [0.29, 0.717) is 5.92 Å². The van der Waals surface area contributed by atoms with Gasteiger partial charge in [0.2, 0.25) is 0 Å². The zero-order valence-corrected chi connectivity index (χ0v) is 14.5. The largest absolute Gasteiger partial charge is 0.327 e. The van der Waals surface area contributed by atoms with Gasteiger partial charge in [0, 0.05) is 10.5 Å². The first-order valence-corrected chi connectivity index (χ1v) is 9.09. The molecule has 0 amide bonds. The normalized spacial score (nSPS) is 24.0. The van der Waals surface area contributed by atoms with Crippen LogP contribution in [0.3, 0.4) is 0 Å². The van der Waals surface area contributed by atoms with Gasteiger partial charge in [0.05, 0.1) is 0 Å². The Morgan fingerprint density at radius 2 is 2.00 bits per heavy atom. The molecule has 2 rings (SSSR count). The number of nitrogens with two attached hydrogens (primary N) is 1. The van der Waals surface area contributed by atoms with E-state index in [1.54, 1.807) is 0 Å². The van der Waals surface area contributed by atoms with Crippen molar-refractivity contribution in [1.29, 1.82) is 0 Å². The van der Waals surface area contributed by atoms with Gasteiger partial charge < -0.3 is 5.73 Å². The summed E-state index contributed by atoms with van der Waals surface area (Å²) < 4.78 is 14.0. The molecule has 1 fully saturated rings. The molecular weight excluding hydrogens is 329 g/mol. The average Bonchev–Trinajstić information content (AvgIpc) is 2.48. The molecule has 1 aromatic rings. The summed E-state index contributed by atoms with van der Waals surface area (Å²) in [6, 6.07) is 5.10. The number of rotatable bonds is 6. The van der Waals surface area contributed by atoms with Crippen LogP contribution in [0.25, 0.3) is 0 Å². The number of hydrogen-bond acceptors (Lipinski definition) is 1. The fourth-order valence-electron chi connectivity index (χ4n) is 3.51. The lowest BCUT2D eigenvalue weighted by atomic mass is 9.76. The monoisotopic (exact) mass is 355 g/mol. The van der Waals surface area contributed by atoms with Gasteiger partial charge in [-0.1, -0.05) is 61.0 Å². The van der Waals surface area contributed by atoms with E-state index in [9.17, 15) is 4.39 Å². The number of hydrogen-bond donors (Lipinski definition) is 1.